The Morgan fingerprint density at radius 2 is 2.00 bits per heavy atom. The zero-order chi connectivity index (χ0) is 12.7. The predicted molar refractivity (Wildman–Crippen MR) is 61.5 cm³/mol. The molecule has 86 valence electrons. The first-order chi connectivity index (χ1) is 7.45. The van der Waals surface area contributed by atoms with Crippen molar-refractivity contribution in [3.8, 4) is 0 Å². The molecule has 0 saturated carbocycles. The third kappa shape index (κ3) is 3.81. The highest BCUT2D eigenvalue weighted by Crippen LogP contribution is 2.23. The van der Waals surface area contributed by atoms with Gasteiger partial charge in [0, 0.05) is 6.07 Å². The van der Waals surface area contributed by atoms with Gasteiger partial charge in [-0.25, -0.2) is 4.79 Å². The van der Waals surface area contributed by atoms with Gasteiger partial charge in [-0.3, -0.25) is 14.9 Å². The molecule has 1 rings (SSSR count). The van der Waals surface area contributed by atoms with E-state index in [0.717, 1.165) is 0 Å². The molecule has 0 aliphatic carbocycles. The van der Waals surface area contributed by atoms with Crippen molar-refractivity contribution in [3.63, 3.8) is 0 Å². The number of aromatic carboxylic acids is 1. The number of carboxylic acids is 1. The Kier molecular flexibility index (Phi) is 6.00. The molecule has 0 aromatic heterocycles. The maximum absolute atomic E-state index is 10.6. The third-order valence-corrected chi connectivity index (χ3v) is 2.54. The normalized spacial score (nSPS) is 8.56. The van der Waals surface area contributed by atoms with Crippen molar-refractivity contribution in [2.24, 2.45) is 0 Å². The van der Waals surface area contributed by atoms with Gasteiger partial charge in [0.05, 0.1) is 10.5 Å². The van der Waals surface area contributed by atoms with E-state index in [2.05, 4.69) is 0 Å². The molecule has 8 heteroatoms. The summed E-state index contributed by atoms with van der Waals surface area (Å²) >= 11 is 1.65. The fraction of sp³-hybridized carbons (Fsp3) is 0. The zero-order valence-corrected chi connectivity index (χ0v) is 9.82. The van der Waals surface area contributed by atoms with Crippen LogP contribution in [0.25, 0.3) is 0 Å². The highest BCUT2D eigenvalue weighted by Gasteiger charge is 2.18. The van der Waals surface area contributed by atoms with Crippen LogP contribution in [0.4, 0.5) is 5.69 Å². The minimum absolute atomic E-state index is 0.0465. The summed E-state index contributed by atoms with van der Waals surface area (Å²) in [4.78, 5) is 28.7. The number of hydrogen-bond donors (Lipinski definition) is 2. The SMILES string of the molecule is O=C(O)c1cccc([N+](=O)[O-])c1I.O=CO. The fourth-order valence-electron chi connectivity index (χ4n) is 0.826. The van der Waals surface area contributed by atoms with E-state index in [-0.39, 0.29) is 21.3 Å². The van der Waals surface area contributed by atoms with E-state index in [9.17, 15) is 14.9 Å². The summed E-state index contributed by atoms with van der Waals surface area (Å²) in [7, 11) is 0. The molecule has 7 nitrogen and oxygen atoms in total. The van der Waals surface area contributed by atoms with Crippen LogP contribution in [-0.4, -0.2) is 27.6 Å². The second-order valence-electron chi connectivity index (χ2n) is 2.31. The van der Waals surface area contributed by atoms with Crippen molar-refractivity contribution in [2.75, 3.05) is 0 Å². The minimum atomic E-state index is -1.16. The van der Waals surface area contributed by atoms with Gasteiger partial charge in [0.1, 0.15) is 3.57 Å². The van der Waals surface area contributed by atoms with Crippen LogP contribution in [0.3, 0.4) is 0 Å². The lowest BCUT2D eigenvalue weighted by molar-refractivity contribution is -0.385. The monoisotopic (exact) mass is 339 g/mol. The Morgan fingerprint density at radius 1 is 1.50 bits per heavy atom. The zero-order valence-electron chi connectivity index (χ0n) is 7.66. The third-order valence-electron chi connectivity index (χ3n) is 1.41. The number of halogens is 1. The summed E-state index contributed by atoms with van der Waals surface area (Å²) < 4.78 is 0.151. The molecule has 0 heterocycles. The molecule has 1 aromatic carbocycles. The lowest BCUT2D eigenvalue weighted by Crippen LogP contribution is -2.02. The van der Waals surface area contributed by atoms with Crippen LogP contribution in [0.1, 0.15) is 10.4 Å². The number of carbonyl (C=O) groups is 2. The predicted octanol–water partition coefficient (Wildman–Crippen LogP) is 1.60. The van der Waals surface area contributed by atoms with Crippen molar-refractivity contribution in [1.29, 1.82) is 0 Å². The Hall–Kier alpha value is -1.71. The molecule has 0 radical (unpaired) electrons. The van der Waals surface area contributed by atoms with Crippen LogP contribution in [0.5, 0.6) is 0 Å². The van der Waals surface area contributed by atoms with Gasteiger partial charge in [-0.15, -0.1) is 0 Å². The topological polar surface area (TPSA) is 118 Å². The Morgan fingerprint density at radius 3 is 2.38 bits per heavy atom. The second-order valence-corrected chi connectivity index (χ2v) is 3.39. The van der Waals surface area contributed by atoms with E-state index < -0.39 is 10.9 Å². The van der Waals surface area contributed by atoms with Crippen LogP contribution in [0.2, 0.25) is 0 Å². The molecule has 0 aliphatic heterocycles. The van der Waals surface area contributed by atoms with E-state index in [0.29, 0.717) is 0 Å². The van der Waals surface area contributed by atoms with Crippen LogP contribution in [0.15, 0.2) is 18.2 Å². The van der Waals surface area contributed by atoms with Crippen LogP contribution in [0, 0.1) is 13.7 Å². The summed E-state index contributed by atoms with van der Waals surface area (Å²) in [5.41, 5.74) is -0.227. The van der Waals surface area contributed by atoms with E-state index in [1.807, 2.05) is 0 Å². The Labute approximate surface area is 103 Å². The van der Waals surface area contributed by atoms with Gasteiger partial charge in [-0.2, -0.15) is 0 Å². The number of benzene rings is 1. The summed E-state index contributed by atoms with van der Waals surface area (Å²) in [5.74, 6) is -1.16. The number of carboxylic acid groups (broad SMARTS) is 2. The lowest BCUT2D eigenvalue weighted by atomic mass is 10.2. The molecular weight excluding hydrogens is 333 g/mol. The van der Waals surface area contributed by atoms with Gasteiger partial charge in [-0.05, 0) is 28.7 Å². The number of nitro groups is 1. The van der Waals surface area contributed by atoms with E-state index in [1.165, 1.54) is 18.2 Å². The molecule has 0 fully saturated rings. The van der Waals surface area contributed by atoms with Crippen LogP contribution in [-0.2, 0) is 4.79 Å². The number of rotatable bonds is 2. The molecule has 0 atom stereocenters. The summed E-state index contributed by atoms with van der Waals surface area (Å²) in [5, 5.41) is 25.9. The number of nitro benzene ring substituents is 1. The van der Waals surface area contributed by atoms with Crippen molar-refractivity contribution in [3.05, 3.63) is 37.4 Å². The number of hydrogen-bond acceptors (Lipinski definition) is 4. The van der Waals surface area contributed by atoms with Crippen molar-refractivity contribution in [2.45, 2.75) is 0 Å². The van der Waals surface area contributed by atoms with Gasteiger partial charge in [-0.1, -0.05) is 6.07 Å². The van der Waals surface area contributed by atoms with Gasteiger partial charge in [0.2, 0.25) is 0 Å². The Balaban J connectivity index is 0.000000673. The maximum Gasteiger partial charge on any atom is 0.337 e. The highest BCUT2D eigenvalue weighted by atomic mass is 127. The molecule has 16 heavy (non-hydrogen) atoms. The largest absolute Gasteiger partial charge is 0.483 e. The lowest BCUT2D eigenvalue weighted by Gasteiger charge is -1.98. The molecule has 0 spiro atoms. The molecule has 0 bridgehead atoms. The van der Waals surface area contributed by atoms with Gasteiger partial charge in [0.15, 0.2) is 0 Å². The molecular formula is C8H6INO6. The first kappa shape index (κ1) is 14.3. The first-order valence-corrected chi connectivity index (χ1v) is 4.77. The smallest absolute Gasteiger partial charge is 0.337 e. The van der Waals surface area contributed by atoms with E-state index in [1.54, 1.807) is 22.6 Å². The Bertz CT molecular complexity index is 387. The molecule has 0 saturated heterocycles. The molecule has 0 unspecified atom stereocenters. The van der Waals surface area contributed by atoms with Gasteiger partial charge >= 0.3 is 5.97 Å². The van der Waals surface area contributed by atoms with Gasteiger partial charge in [0.25, 0.3) is 12.2 Å². The summed E-state index contributed by atoms with van der Waals surface area (Å²) in [6.45, 7) is -0.250. The van der Waals surface area contributed by atoms with Crippen LogP contribution >= 0.6 is 22.6 Å². The van der Waals surface area contributed by atoms with Crippen molar-refractivity contribution >= 4 is 40.7 Å². The van der Waals surface area contributed by atoms with Crippen molar-refractivity contribution in [1.82, 2.24) is 0 Å². The number of nitrogens with zero attached hydrogens (tertiary/aromatic N) is 1. The van der Waals surface area contributed by atoms with Crippen LogP contribution < -0.4 is 0 Å². The average molecular weight is 339 g/mol. The second kappa shape index (κ2) is 6.71. The quantitative estimate of drug-likeness (QED) is 0.366. The summed E-state index contributed by atoms with van der Waals surface area (Å²) in [6.07, 6.45) is 0. The average Bonchev–Trinajstić information content (AvgIpc) is 2.18. The minimum Gasteiger partial charge on any atom is -0.483 e. The molecule has 0 amide bonds. The van der Waals surface area contributed by atoms with Gasteiger partial charge < -0.3 is 10.2 Å². The van der Waals surface area contributed by atoms with Crippen molar-refractivity contribution < 1.29 is 24.7 Å². The standard InChI is InChI=1S/C7H4INO4.CH2O2/c8-6-4(7(10)11)2-1-3-5(6)9(12)13;2-1-3/h1-3H,(H,10,11);1H,(H,2,3). The van der Waals surface area contributed by atoms with E-state index in [4.69, 9.17) is 15.0 Å². The summed E-state index contributed by atoms with van der Waals surface area (Å²) in [6, 6.07) is 3.95. The fourth-order valence-corrected chi connectivity index (χ4v) is 1.61. The van der Waals surface area contributed by atoms with E-state index >= 15 is 0 Å². The molecule has 0 aliphatic rings. The molecule has 1 aromatic rings. The molecule has 2 N–H and O–H groups in total. The highest BCUT2D eigenvalue weighted by molar-refractivity contribution is 14.1. The first-order valence-electron chi connectivity index (χ1n) is 3.69. The maximum atomic E-state index is 10.6.